The number of hydrogen-bond acceptors (Lipinski definition) is 4. The standard InChI is InChI=1S/C24H19FN4O3/c25-17-9-7-16(8-10-17)14-28-21-6-2-1-5-19(21)20-13-27-29(24(31)23(20)28)15-22(30)26-12-18-4-3-11-32-18/h1-11,13H,12,14-15H2,(H,26,30). The number of nitrogens with one attached hydrogen (secondary N) is 1. The fourth-order valence-corrected chi connectivity index (χ4v) is 3.83. The van der Waals surface area contributed by atoms with Gasteiger partial charge in [0.15, 0.2) is 0 Å². The summed E-state index contributed by atoms with van der Waals surface area (Å²) in [6.07, 6.45) is 3.14. The Bertz CT molecular complexity index is 1470. The lowest BCUT2D eigenvalue weighted by atomic mass is 10.2. The molecule has 0 unspecified atom stereocenters. The van der Waals surface area contributed by atoms with Gasteiger partial charge in [-0.25, -0.2) is 9.07 Å². The molecular weight excluding hydrogens is 411 g/mol. The molecule has 2 aromatic carbocycles. The van der Waals surface area contributed by atoms with Gasteiger partial charge in [0.05, 0.1) is 19.0 Å². The summed E-state index contributed by atoms with van der Waals surface area (Å²) in [5.74, 6) is -0.0480. The molecule has 0 saturated carbocycles. The number of fused-ring (bicyclic) bond motifs is 3. The monoisotopic (exact) mass is 430 g/mol. The fourth-order valence-electron chi connectivity index (χ4n) is 3.83. The van der Waals surface area contributed by atoms with Crippen molar-refractivity contribution in [3.8, 4) is 0 Å². The van der Waals surface area contributed by atoms with Gasteiger partial charge in [-0.05, 0) is 35.9 Å². The molecular formula is C24H19FN4O3. The molecule has 0 bridgehead atoms. The molecule has 8 heteroatoms. The summed E-state index contributed by atoms with van der Waals surface area (Å²) >= 11 is 0. The molecule has 3 heterocycles. The summed E-state index contributed by atoms with van der Waals surface area (Å²) < 4.78 is 21.6. The number of carbonyl (C=O) groups excluding carboxylic acids is 1. The molecule has 3 aromatic heterocycles. The average molecular weight is 430 g/mol. The van der Waals surface area contributed by atoms with Crippen molar-refractivity contribution in [2.24, 2.45) is 0 Å². The van der Waals surface area contributed by atoms with Crippen molar-refractivity contribution in [1.82, 2.24) is 19.7 Å². The van der Waals surface area contributed by atoms with Gasteiger partial charge < -0.3 is 14.3 Å². The minimum atomic E-state index is -0.367. The highest BCUT2D eigenvalue weighted by Gasteiger charge is 2.17. The van der Waals surface area contributed by atoms with E-state index in [2.05, 4.69) is 10.4 Å². The van der Waals surface area contributed by atoms with Gasteiger partial charge in [-0.15, -0.1) is 0 Å². The normalized spacial score (nSPS) is 11.3. The summed E-state index contributed by atoms with van der Waals surface area (Å²) in [6, 6.07) is 17.3. The minimum absolute atomic E-state index is 0.215. The van der Waals surface area contributed by atoms with Gasteiger partial charge >= 0.3 is 0 Å². The van der Waals surface area contributed by atoms with Crippen molar-refractivity contribution in [2.45, 2.75) is 19.6 Å². The number of carbonyl (C=O) groups is 1. The van der Waals surface area contributed by atoms with Crippen LogP contribution in [-0.4, -0.2) is 20.3 Å². The molecule has 1 amide bonds. The van der Waals surface area contributed by atoms with E-state index in [1.54, 1.807) is 30.5 Å². The maximum Gasteiger partial charge on any atom is 0.291 e. The van der Waals surface area contributed by atoms with Crippen molar-refractivity contribution in [3.05, 3.63) is 101 Å². The van der Waals surface area contributed by atoms with Crippen LogP contribution < -0.4 is 10.9 Å². The van der Waals surface area contributed by atoms with E-state index in [0.29, 0.717) is 23.2 Å². The Morgan fingerprint density at radius 2 is 1.84 bits per heavy atom. The molecule has 5 rings (SSSR count). The summed E-state index contributed by atoms with van der Waals surface area (Å²) in [7, 11) is 0. The molecule has 160 valence electrons. The third-order valence-corrected chi connectivity index (χ3v) is 5.36. The number of hydrogen-bond donors (Lipinski definition) is 1. The second-order valence-corrected chi connectivity index (χ2v) is 7.46. The van der Waals surface area contributed by atoms with Crippen LogP contribution in [0.3, 0.4) is 0 Å². The molecule has 0 aliphatic rings. The Kier molecular flexibility index (Phi) is 5.03. The van der Waals surface area contributed by atoms with Gasteiger partial charge in [-0.1, -0.05) is 30.3 Å². The van der Waals surface area contributed by atoms with E-state index in [-0.39, 0.29) is 30.4 Å². The second kappa shape index (κ2) is 8.14. The van der Waals surface area contributed by atoms with Crippen LogP contribution >= 0.6 is 0 Å². The largest absolute Gasteiger partial charge is 0.467 e. The maximum atomic E-state index is 13.4. The Labute approximate surface area is 181 Å². The molecule has 0 aliphatic carbocycles. The number of rotatable bonds is 6. The van der Waals surface area contributed by atoms with Crippen LogP contribution in [-0.2, 0) is 24.4 Å². The van der Waals surface area contributed by atoms with E-state index in [4.69, 9.17) is 4.42 Å². The number of nitrogens with zero attached hydrogens (tertiary/aromatic N) is 3. The van der Waals surface area contributed by atoms with Crippen LogP contribution in [0.5, 0.6) is 0 Å². The number of halogens is 1. The highest BCUT2D eigenvalue weighted by Crippen LogP contribution is 2.27. The summed E-state index contributed by atoms with van der Waals surface area (Å²) in [4.78, 5) is 25.7. The van der Waals surface area contributed by atoms with Gasteiger partial charge in [-0.3, -0.25) is 9.59 Å². The molecule has 0 saturated heterocycles. The Hall–Kier alpha value is -4.20. The lowest BCUT2D eigenvalue weighted by molar-refractivity contribution is -0.122. The number of aromatic nitrogens is 3. The summed E-state index contributed by atoms with van der Waals surface area (Å²) in [6.45, 7) is 0.398. The molecule has 5 aromatic rings. The van der Waals surface area contributed by atoms with E-state index >= 15 is 0 Å². The zero-order valence-corrected chi connectivity index (χ0v) is 17.0. The molecule has 1 N–H and O–H groups in total. The Balaban J connectivity index is 1.53. The number of amides is 1. The van der Waals surface area contributed by atoms with Crippen LogP contribution in [0.25, 0.3) is 21.8 Å². The van der Waals surface area contributed by atoms with E-state index < -0.39 is 0 Å². The van der Waals surface area contributed by atoms with Gasteiger partial charge in [0.25, 0.3) is 5.56 Å². The van der Waals surface area contributed by atoms with Crippen LogP contribution in [0.15, 0.2) is 82.3 Å². The molecule has 0 aliphatic heterocycles. The van der Waals surface area contributed by atoms with E-state index in [1.807, 2.05) is 28.8 Å². The Morgan fingerprint density at radius 3 is 2.62 bits per heavy atom. The first kappa shape index (κ1) is 19.7. The van der Waals surface area contributed by atoms with E-state index in [1.165, 1.54) is 18.4 Å². The molecule has 0 radical (unpaired) electrons. The fraction of sp³-hybridized carbons (Fsp3) is 0.125. The van der Waals surface area contributed by atoms with Crippen LogP contribution in [0.4, 0.5) is 4.39 Å². The third kappa shape index (κ3) is 3.66. The number of para-hydroxylation sites is 1. The van der Waals surface area contributed by atoms with Gasteiger partial charge in [-0.2, -0.15) is 5.10 Å². The smallest absolute Gasteiger partial charge is 0.291 e. The highest BCUT2D eigenvalue weighted by atomic mass is 19.1. The van der Waals surface area contributed by atoms with Crippen LogP contribution in [0, 0.1) is 5.82 Å². The average Bonchev–Trinajstić information content (AvgIpc) is 3.43. The lowest BCUT2D eigenvalue weighted by Crippen LogP contribution is -2.33. The topological polar surface area (TPSA) is 82.1 Å². The first-order chi connectivity index (χ1) is 15.6. The summed E-state index contributed by atoms with van der Waals surface area (Å²) in [5, 5.41) is 8.55. The van der Waals surface area contributed by atoms with Crippen LogP contribution in [0.1, 0.15) is 11.3 Å². The zero-order valence-electron chi connectivity index (χ0n) is 17.0. The van der Waals surface area contributed by atoms with Gasteiger partial charge in [0.2, 0.25) is 5.91 Å². The van der Waals surface area contributed by atoms with Crippen molar-refractivity contribution in [3.63, 3.8) is 0 Å². The lowest BCUT2D eigenvalue weighted by Gasteiger charge is -2.09. The molecule has 7 nitrogen and oxygen atoms in total. The van der Waals surface area contributed by atoms with E-state index in [0.717, 1.165) is 21.1 Å². The van der Waals surface area contributed by atoms with Crippen molar-refractivity contribution < 1.29 is 13.6 Å². The van der Waals surface area contributed by atoms with Crippen molar-refractivity contribution in [2.75, 3.05) is 0 Å². The quantitative estimate of drug-likeness (QED) is 0.447. The minimum Gasteiger partial charge on any atom is -0.467 e. The third-order valence-electron chi connectivity index (χ3n) is 5.36. The first-order valence-corrected chi connectivity index (χ1v) is 10.1. The maximum absolute atomic E-state index is 13.4. The predicted octanol–water partition coefficient (Wildman–Crippen LogP) is 3.45. The Morgan fingerprint density at radius 1 is 1.03 bits per heavy atom. The van der Waals surface area contributed by atoms with Crippen LogP contribution in [0.2, 0.25) is 0 Å². The molecule has 0 fully saturated rings. The molecule has 32 heavy (non-hydrogen) atoms. The predicted molar refractivity (Wildman–Crippen MR) is 118 cm³/mol. The van der Waals surface area contributed by atoms with E-state index in [9.17, 15) is 14.0 Å². The molecule has 0 spiro atoms. The number of benzene rings is 2. The second-order valence-electron chi connectivity index (χ2n) is 7.46. The summed E-state index contributed by atoms with van der Waals surface area (Å²) in [5.41, 5.74) is 1.80. The zero-order chi connectivity index (χ0) is 22.1. The number of furan rings is 1. The first-order valence-electron chi connectivity index (χ1n) is 10.1. The van der Waals surface area contributed by atoms with Gasteiger partial charge in [0.1, 0.15) is 23.6 Å². The SMILES string of the molecule is O=C(Cn1ncc2c3ccccc3n(Cc3ccc(F)cc3)c2c1=O)NCc1ccco1. The van der Waals surface area contributed by atoms with Crippen molar-refractivity contribution >= 4 is 27.7 Å². The highest BCUT2D eigenvalue weighted by molar-refractivity contribution is 6.07. The van der Waals surface area contributed by atoms with Crippen molar-refractivity contribution in [1.29, 1.82) is 0 Å². The van der Waals surface area contributed by atoms with Gasteiger partial charge in [0, 0.05) is 22.8 Å². The molecule has 0 atom stereocenters.